The van der Waals surface area contributed by atoms with Gasteiger partial charge in [-0.2, -0.15) is 5.10 Å². The van der Waals surface area contributed by atoms with Gasteiger partial charge in [0.2, 0.25) is 5.91 Å². The number of carbonyl (C=O) groups is 1. The number of carbonyl (C=O) groups excluding carboxylic acids is 1. The Morgan fingerprint density at radius 1 is 1.31 bits per heavy atom. The molecule has 0 radical (unpaired) electrons. The van der Waals surface area contributed by atoms with Gasteiger partial charge in [-0.25, -0.2) is 0 Å². The first-order chi connectivity index (χ1) is 13.9. The van der Waals surface area contributed by atoms with Gasteiger partial charge in [0.15, 0.2) is 5.76 Å². The van der Waals surface area contributed by atoms with Crippen molar-refractivity contribution in [2.75, 3.05) is 13.1 Å². The van der Waals surface area contributed by atoms with Gasteiger partial charge >= 0.3 is 0 Å². The molecule has 1 saturated heterocycles. The number of aryl methyl sites for hydroxylation is 3. The summed E-state index contributed by atoms with van der Waals surface area (Å²) in [6, 6.07) is 3.94. The minimum absolute atomic E-state index is 0.128. The van der Waals surface area contributed by atoms with Crippen LogP contribution in [0.4, 0.5) is 0 Å². The number of likely N-dealkylation sites (tertiary alicyclic amines) is 1. The normalized spacial score (nSPS) is 18.2. The zero-order valence-corrected chi connectivity index (χ0v) is 18.1. The fourth-order valence-corrected chi connectivity index (χ4v) is 4.71. The van der Waals surface area contributed by atoms with Gasteiger partial charge in [0.25, 0.3) is 0 Å². The van der Waals surface area contributed by atoms with Crippen LogP contribution in [-0.2, 0) is 11.3 Å². The molecule has 1 fully saturated rings. The van der Waals surface area contributed by atoms with Crippen LogP contribution in [0.2, 0.25) is 0 Å². The zero-order valence-electron chi connectivity index (χ0n) is 17.3. The van der Waals surface area contributed by atoms with Crippen LogP contribution >= 0.6 is 11.5 Å². The van der Waals surface area contributed by atoms with Crippen molar-refractivity contribution in [3.63, 3.8) is 0 Å². The molecule has 4 rings (SSSR count). The van der Waals surface area contributed by atoms with Crippen LogP contribution in [0.25, 0.3) is 10.6 Å². The molecule has 0 saturated carbocycles. The van der Waals surface area contributed by atoms with Crippen molar-refractivity contribution in [3.8, 4) is 10.6 Å². The lowest BCUT2D eigenvalue weighted by Gasteiger charge is -2.34. The van der Waals surface area contributed by atoms with E-state index >= 15 is 0 Å². The Bertz CT molecular complexity index is 1010. The molecule has 0 spiro atoms. The number of rotatable bonds is 5. The van der Waals surface area contributed by atoms with Gasteiger partial charge in [0, 0.05) is 30.8 Å². The number of aromatic nitrogens is 5. The molecule has 0 unspecified atom stereocenters. The molecule has 1 amide bonds. The van der Waals surface area contributed by atoms with Gasteiger partial charge in [0.1, 0.15) is 4.88 Å². The van der Waals surface area contributed by atoms with E-state index in [1.165, 1.54) is 11.5 Å². The maximum atomic E-state index is 13.1. The molecule has 4 heterocycles. The molecule has 1 aliphatic rings. The fourth-order valence-electron chi connectivity index (χ4n) is 4.02. The van der Waals surface area contributed by atoms with E-state index in [0.29, 0.717) is 18.8 Å². The smallest absolute Gasteiger partial charge is 0.227 e. The molecule has 1 aliphatic heterocycles. The largest absolute Gasteiger partial charge is 0.355 e. The molecule has 3 aromatic rings. The summed E-state index contributed by atoms with van der Waals surface area (Å²) in [5.74, 6) is 0.904. The molecule has 29 heavy (non-hydrogen) atoms. The molecule has 8 nitrogen and oxygen atoms in total. The van der Waals surface area contributed by atoms with Crippen LogP contribution in [0.5, 0.6) is 0 Å². The second-order valence-electron chi connectivity index (χ2n) is 7.95. The van der Waals surface area contributed by atoms with E-state index in [0.717, 1.165) is 47.0 Å². The monoisotopic (exact) mass is 414 g/mol. The second-order valence-corrected chi connectivity index (χ2v) is 8.71. The summed E-state index contributed by atoms with van der Waals surface area (Å²) in [5.41, 5.74) is 3.80. The van der Waals surface area contributed by atoms with Gasteiger partial charge < -0.3 is 9.42 Å². The Balaban J connectivity index is 1.47. The zero-order chi connectivity index (χ0) is 20.5. The Kier molecular flexibility index (Phi) is 5.49. The number of piperidine rings is 1. The van der Waals surface area contributed by atoms with Crippen molar-refractivity contribution in [1.29, 1.82) is 0 Å². The average molecular weight is 415 g/mol. The van der Waals surface area contributed by atoms with Crippen LogP contribution in [0, 0.1) is 26.7 Å². The first-order valence-electron chi connectivity index (χ1n) is 9.98. The van der Waals surface area contributed by atoms with E-state index in [1.807, 2.05) is 49.4 Å². The third kappa shape index (κ3) is 4.10. The molecule has 154 valence electrons. The molecular formula is C20H26N6O2S. The first kappa shape index (κ1) is 19.8. The molecular weight excluding hydrogens is 388 g/mol. The van der Waals surface area contributed by atoms with Crippen molar-refractivity contribution in [2.45, 2.75) is 53.0 Å². The number of hydrogen-bond donors (Lipinski definition) is 0. The SMILES string of the molecule is Cc1cc(-c2snnc2[C@H]2CCCN(C(=O)[C@H](C)Cn3nc(C)cc3C)C2)on1. The third-order valence-corrected chi connectivity index (χ3v) is 6.21. The van der Waals surface area contributed by atoms with Crippen molar-refractivity contribution in [3.05, 3.63) is 34.9 Å². The summed E-state index contributed by atoms with van der Waals surface area (Å²) < 4.78 is 11.5. The molecule has 0 N–H and O–H groups in total. The fraction of sp³-hybridized carbons (Fsp3) is 0.550. The van der Waals surface area contributed by atoms with Crippen LogP contribution in [0.15, 0.2) is 16.7 Å². The van der Waals surface area contributed by atoms with E-state index in [2.05, 4.69) is 19.8 Å². The molecule has 0 bridgehead atoms. The summed E-state index contributed by atoms with van der Waals surface area (Å²) in [5, 5.41) is 12.8. The summed E-state index contributed by atoms with van der Waals surface area (Å²) in [6.07, 6.45) is 1.94. The minimum Gasteiger partial charge on any atom is -0.355 e. The minimum atomic E-state index is -0.128. The van der Waals surface area contributed by atoms with Crippen LogP contribution < -0.4 is 0 Å². The van der Waals surface area contributed by atoms with E-state index in [-0.39, 0.29) is 17.7 Å². The first-order valence-corrected chi connectivity index (χ1v) is 10.8. The number of amides is 1. The lowest BCUT2D eigenvalue weighted by Crippen LogP contribution is -2.42. The summed E-state index contributed by atoms with van der Waals surface area (Å²) >= 11 is 1.32. The third-order valence-electron chi connectivity index (χ3n) is 5.46. The quantitative estimate of drug-likeness (QED) is 0.636. The highest BCUT2D eigenvalue weighted by atomic mass is 32.1. The van der Waals surface area contributed by atoms with E-state index < -0.39 is 0 Å². The predicted molar refractivity (Wildman–Crippen MR) is 110 cm³/mol. The summed E-state index contributed by atoms with van der Waals surface area (Å²) in [4.78, 5) is 16.0. The van der Waals surface area contributed by atoms with Crippen LogP contribution in [-0.4, -0.2) is 48.4 Å². The van der Waals surface area contributed by atoms with Gasteiger partial charge in [-0.15, -0.1) is 5.10 Å². The van der Waals surface area contributed by atoms with Crippen LogP contribution in [0.1, 0.15) is 48.5 Å². The highest BCUT2D eigenvalue weighted by molar-refractivity contribution is 7.09. The summed E-state index contributed by atoms with van der Waals surface area (Å²) in [7, 11) is 0. The maximum Gasteiger partial charge on any atom is 0.227 e. The van der Waals surface area contributed by atoms with Crippen molar-refractivity contribution >= 4 is 17.4 Å². The van der Waals surface area contributed by atoms with Crippen molar-refractivity contribution in [2.24, 2.45) is 5.92 Å². The standard InChI is InChI=1S/C20H26N6O2S/c1-12(10-26-15(4)8-13(2)22-26)20(27)25-7-5-6-16(11-25)18-19(29-24-21-18)17-9-14(3)23-28-17/h8-9,12,16H,5-7,10-11H2,1-4H3/t12-,16+/m1/s1. The lowest BCUT2D eigenvalue weighted by atomic mass is 9.93. The van der Waals surface area contributed by atoms with E-state index in [9.17, 15) is 4.79 Å². The lowest BCUT2D eigenvalue weighted by molar-refractivity contribution is -0.136. The van der Waals surface area contributed by atoms with Gasteiger partial charge in [-0.05, 0) is 51.2 Å². The number of nitrogens with zero attached hydrogens (tertiary/aromatic N) is 6. The summed E-state index contributed by atoms with van der Waals surface area (Å²) in [6.45, 7) is 9.91. The Labute approximate surface area is 174 Å². The molecule has 2 atom stereocenters. The topological polar surface area (TPSA) is 89.9 Å². The molecule has 9 heteroatoms. The Morgan fingerprint density at radius 2 is 2.14 bits per heavy atom. The highest BCUT2D eigenvalue weighted by Crippen LogP contribution is 2.35. The van der Waals surface area contributed by atoms with Gasteiger partial charge in [-0.3, -0.25) is 9.48 Å². The second kappa shape index (κ2) is 8.06. The van der Waals surface area contributed by atoms with Crippen LogP contribution in [0.3, 0.4) is 0 Å². The average Bonchev–Trinajstić information content (AvgIpc) is 3.41. The molecule has 0 aliphatic carbocycles. The highest BCUT2D eigenvalue weighted by Gasteiger charge is 2.31. The van der Waals surface area contributed by atoms with E-state index in [1.54, 1.807) is 0 Å². The van der Waals surface area contributed by atoms with Gasteiger partial charge in [-0.1, -0.05) is 16.6 Å². The Hall–Kier alpha value is -2.55. The Morgan fingerprint density at radius 3 is 2.83 bits per heavy atom. The van der Waals surface area contributed by atoms with Crippen molar-refractivity contribution < 1.29 is 9.32 Å². The number of hydrogen-bond acceptors (Lipinski definition) is 7. The maximum absolute atomic E-state index is 13.1. The molecule has 0 aromatic carbocycles. The van der Waals surface area contributed by atoms with E-state index in [4.69, 9.17) is 4.52 Å². The molecule has 3 aromatic heterocycles. The van der Waals surface area contributed by atoms with Crippen molar-refractivity contribution in [1.82, 2.24) is 29.4 Å². The van der Waals surface area contributed by atoms with Gasteiger partial charge in [0.05, 0.1) is 29.5 Å². The predicted octanol–water partition coefficient (Wildman–Crippen LogP) is 3.36.